The van der Waals surface area contributed by atoms with Gasteiger partial charge < -0.3 is 22.5 Å². The normalized spacial score (nSPS) is 11.1. The number of anilines is 4. The van der Waals surface area contributed by atoms with Crippen LogP contribution in [0.1, 0.15) is 5.82 Å². The third-order valence-corrected chi connectivity index (χ3v) is 5.25. The molecule has 0 aliphatic carbocycles. The predicted molar refractivity (Wildman–Crippen MR) is 123 cm³/mol. The fourth-order valence-corrected chi connectivity index (χ4v) is 3.50. The van der Waals surface area contributed by atoms with Crippen molar-refractivity contribution in [3.05, 3.63) is 62.5 Å². The lowest BCUT2D eigenvalue weighted by atomic mass is 10.2. The molecule has 0 unspecified atom stereocenters. The first-order valence-electron chi connectivity index (χ1n) is 9.20. The van der Waals surface area contributed by atoms with Crippen LogP contribution in [0.3, 0.4) is 0 Å². The van der Waals surface area contributed by atoms with Crippen LogP contribution in [-0.4, -0.2) is 31.0 Å². The Labute approximate surface area is 190 Å². The summed E-state index contributed by atoms with van der Waals surface area (Å²) < 4.78 is 15.8. The van der Waals surface area contributed by atoms with Gasteiger partial charge in [0.2, 0.25) is 5.95 Å². The molecule has 0 fully saturated rings. The van der Waals surface area contributed by atoms with Crippen molar-refractivity contribution in [3.8, 4) is 5.69 Å². The highest BCUT2D eigenvalue weighted by Crippen LogP contribution is 2.26. The number of nitrogens with two attached hydrogens (primary N) is 3. The van der Waals surface area contributed by atoms with Crippen LogP contribution in [0, 0.1) is 5.82 Å². The van der Waals surface area contributed by atoms with Gasteiger partial charge in [0, 0.05) is 13.0 Å². The summed E-state index contributed by atoms with van der Waals surface area (Å²) in [4.78, 5) is 29.5. The summed E-state index contributed by atoms with van der Waals surface area (Å²) in [6.07, 6.45) is 1.58. The van der Waals surface area contributed by atoms with Gasteiger partial charge >= 0.3 is 0 Å². The molecule has 0 bridgehead atoms. The lowest BCUT2D eigenvalue weighted by Crippen LogP contribution is -2.26. The van der Waals surface area contributed by atoms with E-state index in [2.05, 4.69) is 25.3 Å². The summed E-state index contributed by atoms with van der Waals surface area (Å²) in [6, 6.07) is 5.60. The van der Waals surface area contributed by atoms with E-state index in [0.717, 1.165) is 6.07 Å². The van der Waals surface area contributed by atoms with E-state index in [1.54, 1.807) is 6.07 Å². The molecule has 0 saturated carbocycles. The molecule has 0 saturated heterocycles. The van der Waals surface area contributed by atoms with Crippen molar-refractivity contribution < 1.29 is 4.39 Å². The van der Waals surface area contributed by atoms with Crippen LogP contribution >= 0.6 is 23.2 Å². The molecule has 0 atom stereocenters. The quantitative estimate of drug-likeness (QED) is 0.339. The van der Waals surface area contributed by atoms with Crippen molar-refractivity contribution in [2.24, 2.45) is 0 Å². The van der Waals surface area contributed by atoms with Crippen molar-refractivity contribution >= 4 is 57.5 Å². The van der Waals surface area contributed by atoms with Gasteiger partial charge in [-0.2, -0.15) is 9.97 Å². The van der Waals surface area contributed by atoms with Gasteiger partial charge in [0.1, 0.15) is 33.8 Å². The number of benzene rings is 1. The first-order valence-corrected chi connectivity index (χ1v) is 9.95. The van der Waals surface area contributed by atoms with E-state index in [9.17, 15) is 9.18 Å². The Morgan fingerprint density at radius 3 is 2.56 bits per heavy atom. The zero-order chi connectivity index (χ0) is 23.0. The van der Waals surface area contributed by atoms with E-state index >= 15 is 0 Å². The molecule has 4 aromatic rings. The van der Waals surface area contributed by atoms with Gasteiger partial charge in [-0.3, -0.25) is 9.36 Å². The number of hydrogen-bond donors (Lipinski definition) is 4. The molecule has 3 heterocycles. The lowest BCUT2D eigenvalue weighted by Gasteiger charge is -2.15. The molecule has 1 aromatic carbocycles. The van der Waals surface area contributed by atoms with Gasteiger partial charge in [0.05, 0.1) is 22.3 Å². The van der Waals surface area contributed by atoms with Gasteiger partial charge in [-0.1, -0.05) is 23.2 Å². The van der Waals surface area contributed by atoms with Crippen LogP contribution in [0.15, 0.2) is 35.3 Å². The fraction of sp³-hybridized carbons (Fsp3) is 0.105. The van der Waals surface area contributed by atoms with E-state index < -0.39 is 11.4 Å². The largest absolute Gasteiger partial charge is 0.384 e. The fourth-order valence-electron chi connectivity index (χ4n) is 3.12. The zero-order valence-electron chi connectivity index (χ0n) is 16.3. The van der Waals surface area contributed by atoms with Crippen LogP contribution in [0.25, 0.3) is 16.6 Å². The summed E-state index contributed by atoms with van der Waals surface area (Å²) in [5, 5.41) is 3.11. The Hall–Kier alpha value is -3.70. The van der Waals surface area contributed by atoms with Crippen molar-refractivity contribution in [2.45, 2.75) is 6.42 Å². The van der Waals surface area contributed by atoms with Crippen molar-refractivity contribution in [3.63, 3.8) is 0 Å². The number of fused-ring (bicyclic) bond motifs is 1. The predicted octanol–water partition coefficient (Wildman–Crippen LogP) is 2.42. The number of nitrogens with zero attached hydrogens (tertiary/aromatic N) is 5. The number of rotatable bonds is 5. The first-order chi connectivity index (χ1) is 15.3. The Kier molecular flexibility index (Phi) is 5.68. The SMILES string of the molecule is Nc1ccc(-n2c(CCNc3nc(N)nc(N)c3Cl)nc3c(F)ccc(Cl)c3c2=O)cn1. The zero-order valence-corrected chi connectivity index (χ0v) is 17.8. The molecular weight excluding hydrogens is 460 g/mol. The number of halogens is 3. The molecule has 0 spiro atoms. The molecule has 7 N–H and O–H groups in total. The Balaban J connectivity index is 1.79. The maximum absolute atomic E-state index is 14.5. The van der Waals surface area contributed by atoms with Gasteiger partial charge in [-0.05, 0) is 24.3 Å². The average Bonchev–Trinajstić information content (AvgIpc) is 2.75. The van der Waals surface area contributed by atoms with Crippen molar-refractivity contribution in [2.75, 3.05) is 29.1 Å². The van der Waals surface area contributed by atoms with Crippen LogP contribution in [0.5, 0.6) is 0 Å². The number of hydrogen-bond acceptors (Lipinski definition) is 9. The van der Waals surface area contributed by atoms with Crippen LogP contribution in [-0.2, 0) is 6.42 Å². The Morgan fingerprint density at radius 2 is 1.84 bits per heavy atom. The topological polar surface area (TPSA) is 164 Å². The summed E-state index contributed by atoms with van der Waals surface area (Å²) in [7, 11) is 0. The van der Waals surface area contributed by atoms with E-state index in [0.29, 0.717) is 5.69 Å². The minimum atomic E-state index is -0.669. The molecular formula is C19H16Cl2FN9O. The third-order valence-electron chi connectivity index (χ3n) is 4.56. The number of nitrogens with one attached hydrogen (secondary N) is 1. The first kappa shape index (κ1) is 21.5. The molecule has 0 amide bonds. The average molecular weight is 476 g/mol. The maximum Gasteiger partial charge on any atom is 0.267 e. The minimum absolute atomic E-state index is 0.0204. The lowest BCUT2D eigenvalue weighted by molar-refractivity contribution is 0.634. The van der Waals surface area contributed by atoms with Crippen molar-refractivity contribution in [1.29, 1.82) is 0 Å². The number of aromatic nitrogens is 5. The Bertz CT molecular complexity index is 1390. The van der Waals surface area contributed by atoms with Gasteiger partial charge in [-0.25, -0.2) is 14.4 Å². The maximum atomic E-state index is 14.5. The molecule has 13 heteroatoms. The number of nitrogen functional groups attached to an aromatic ring is 3. The Morgan fingerprint density at radius 1 is 1.06 bits per heavy atom. The van der Waals surface area contributed by atoms with E-state index in [1.807, 2.05) is 0 Å². The molecule has 3 aromatic heterocycles. The highest BCUT2D eigenvalue weighted by Gasteiger charge is 2.18. The van der Waals surface area contributed by atoms with Crippen LogP contribution < -0.4 is 28.1 Å². The van der Waals surface area contributed by atoms with Gasteiger partial charge in [0.15, 0.2) is 5.82 Å². The van der Waals surface area contributed by atoms with Crippen molar-refractivity contribution in [1.82, 2.24) is 24.5 Å². The van der Waals surface area contributed by atoms with E-state index in [4.69, 9.17) is 40.4 Å². The molecule has 0 radical (unpaired) electrons. The smallest absolute Gasteiger partial charge is 0.267 e. The van der Waals surface area contributed by atoms with Gasteiger partial charge in [-0.15, -0.1) is 0 Å². The molecule has 0 aliphatic rings. The second-order valence-electron chi connectivity index (χ2n) is 6.67. The second kappa shape index (κ2) is 8.44. The standard InChI is InChI=1S/C19H16Cl2FN9O/c20-9-2-3-10(22)15-13(9)18(32)31(8-1-4-11(23)27-7-8)12(28-15)5-6-26-17-14(21)16(24)29-19(25)30-17/h1-4,7H,5-6H2,(H2,23,27)(H5,24,25,26,29,30). The summed E-state index contributed by atoms with van der Waals surface area (Å²) >= 11 is 12.3. The molecule has 0 aliphatic heterocycles. The highest BCUT2D eigenvalue weighted by atomic mass is 35.5. The molecule has 32 heavy (non-hydrogen) atoms. The van der Waals surface area contributed by atoms with Crippen LogP contribution in [0.2, 0.25) is 10.0 Å². The molecule has 10 nitrogen and oxygen atoms in total. The van der Waals surface area contributed by atoms with Crippen LogP contribution in [0.4, 0.5) is 27.8 Å². The van der Waals surface area contributed by atoms with Gasteiger partial charge in [0.25, 0.3) is 5.56 Å². The summed E-state index contributed by atoms with van der Waals surface area (Å²) in [5.74, 6) is 0.0320. The molecule has 4 rings (SSSR count). The number of pyridine rings is 1. The highest BCUT2D eigenvalue weighted by molar-refractivity contribution is 6.35. The molecule has 164 valence electrons. The third kappa shape index (κ3) is 3.95. The summed E-state index contributed by atoms with van der Waals surface area (Å²) in [5.41, 5.74) is 16.7. The van der Waals surface area contributed by atoms with E-state index in [1.165, 1.54) is 22.9 Å². The minimum Gasteiger partial charge on any atom is -0.384 e. The summed E-state index contributed by atoms with van der Waals surface area (Å²) in [6.45, 7) is 0.206. The monoisotopic (exact) mass is 475 g/mol. The second-order valence-corrected chi connectivity index (χ2v) is 7.45. The van der Waals surface area contributed by atoms with E-state index in [-0.39, 0.29) is 63.1 Å².